The van der Waals surface area contributed by atoms with Gasteiger partial charge >= 0.3 is 0 Å². The molecule has 1 saturated heterocycles. The fourth-order valence-electron chi connectivity index (χ4n) is 4.95. The molecule has 2 aliphatic rings. The maximum absolute atomic E-state index is 12.6. The first kappa shape index (κ1) is 24.6. The molecule has 6 nitrogen and oxygen atoms in total. The first-order valence-electron chi connectivity index (χ1n) is 13.1. The third kappa shape index (κ3) is 6.35. The number of rotatable bonds is 9. The van der Waals surface area contributed by atoms with Crippen molar-refractivity contribution in [2.45, 2.75) is 90.3 Å². The number of Topliss-reactive ketones (excluding diaryl/α,β-unsaturated/α-hetero) is 1. The normalized spacial score (nSPS) is 18.1. The minimum Gasteiger partial charge on any atom is -0.490 e. The fourth-order valence-corrected chi connectivity index (χ4v) is 4.95. The number of aryl methyl sites for hydroxylation is 1. The Labute approximate surface area is 204 Å². The number of nitrogens with zero attached hydrogens (tertiary/aromatic N) is 3. The van der Waals surface area contributed by atoms with Crippen molar-refractivity contribution in [2.24, 2.45) is 0 Å². The molecule has 4 rings (SSSR count). The molecule has 2 fully saturated rings. The quantitative estimate of drug-likeness (QED) is 0.431. The average molecular weight is 466 g/mol. The Bertz CT molecular complexity index is 963. The van der Waals surface area contributed by atoms with Crippen LogP contribution >= 0.6 is 0 Å². The lowest BCUT2D eigenvalue weighted by Crippen LogP contribution is -2.35. The first-order valence-corrected chi connectivity index (χ1v) is 13.1. The highest BCUT2D eigenvalue weighted by Gasteiger charge is 2.22. The van der Waals surface area contributed by atoms with Crippen LogP contribution in [-0.2, 0) is 6.42 Å². The van der Waals surface area contributed by atoms with Gasteiger partial charge in [0, 0.05) is 24.7 Å². The van der Waals surface area contributed by atoms with E-state index >= 15 is 0 Å². The molecular weight excluding hydrogens is 426 g/mol. The smallest absolute Gasteiger partial charge is 0.234 e. The molecule has 0 radical (unpaired) electrons. The lowest BCUT2D eigenvalue weighted by molar-refractivity contribution is 0.100. The van der Waals surface area contributed by atoms with Gasteiger partial charge in [-0.2, -0.15) is 5.10 Å². The zero-order chi connectivity index (χ0) is 23.9. The van der Waals surface area contributed by atoms with Gasteiger partial charge in [0.25, 0.3) is 0 Å². The Morgan fingerprint density at radius 2 is 1.74 bits per heavy atom. The van der Waals surface area contributed by atoms with Gasteiger partial charge in [-0.1, -0.05) is 25.8 Å². The molecule has 34 heavy (non-hydrogen) atoms. The molecule has 0 spiro atoms. The van der Waals surface area contributed by atoms with Crippen molar-refractivity contribution in [2.75, 3.05) is 20.1 Å². The van der Waals surface area contributed by atoms with Crippen LogP contribution < -0.4 is 9.47 Å². The number of benzene rings is 1. The van der Waals surface area contributed by atoms with E-state index in [-0.39, 0.29) is 18.0 Å². The first-order chi connectivity index (χ1) is 16.5. The Morgan fingerprint density at radius 3 is 2.44 bits per heavy atom. The highest BCUT2D eigenvalue weighted by Crippen LogP contribution is 2.33. The average Bonchev–Trinajstić information content (AvgIpc) is 2.85. The van der Waals surface area contributed by atoms with Crippen molar-refractivity contribution in [1.29, 1.82) is 0 Å². The van der Waals surface area contributed by atoms with Gasteiger partial charge in [0.05, 0.1) is 17.4 Å². The van der Waals surface area contributed by atoms with E-state index in [4.69, 9.17) is 9.47 Å². The summed E-state index contributed by atoms with van der Waals surface area (Å²) in [5.41, 5.74) is 3.56. The zero-order valence-corrected chi connectivity index (χ0v) is 21.0. The molecular formula is C28H39N3O3. The predicted molar refractivity (Wildman–Crippen MR) is 135 cm³/mol. The van der Waals surface area contributed by atoms with Gasteiger partial charge < -0.3 is 14.4 Å². The zero-order valence-electron chi connectivity index (χ0n) is 21.0. The van der Waals surface area contributed by atoms with Gasteiger partial charge in [-0.25, -0.2) is 0 Å². The maximum atomic E-state index is 12.6. The molecule has 6 heteroatoms. The molecule has 2 heterocycles. The number of ether oxygens (including phenoxy) is 2. The van der Waals surface area contributed by atoms with Crippen LogP contribution in [0.2, 0.25) is 0 Å². The number of aromatic nitrogens is 2. The molecule has 184 valence electrons. The lowest BCUT2D eigenvalue weighted by atomic mass is 9.96. The van der Waals surface area contributed by atoms with Gasteiger partial charge in [0.2, 0.25) is 5.88 Å². The van der Waals surface area contributed by atoms with E-state index in [2.05, 4.69) is 35.1 Å². The van der Waals surface area contributed by atoms with E-state index in [0.29, 0.717) is 17.2 Å². The molecule has 0 amide bonds. The number of unbranched alkanes of at least 4 members (excludes halogenated alkanes) is 1. The van der Waals surface area contributed by atoms with Gasteiger partial charge in [-0.3, -0.25) is 4.79 Å². The van der Waals surface area contributed by atoms with E-state index in [9.17, 15) is 4.79 Å². The molecule has 0 unspecified atom stereocenters. The van der Waals surface area contributed by atoms with Crippen LogP contribution in [0, 0.1) is 0 Å². The summed E-state index contributed by atoms with van der Waals surface area (Å²) in [5.74, 6) is 1.28. The number of carbonyl (C=O) groups is 1. The number of hydrogen-bond donors (Lipinski definition) is 0. The molecule has 1 aromatic heterocycles. The lowest BCUT2D eigenvalue weighted by Gasteiger charge is -2.29. The second-order valence-corrected chi connectivity index (χ2v) is 9.91. The number of likely N-dealkylation sites (tertiary alicyclic amines) is 1. The molecule has 1 aromatic carbocycles. The standard InChI is InChI=1S/C28H39N3O3/c1-4-5-11-26-25(19-28(30-29-26)34-23-14-16-31(3)17-15-23)21-12-13-27(24(18-21)20(2)32)33-22-9-7-6-8-10-22/h12-13,18-19,22-23H,4-11,14-17H2,1-3H3. The highest BCUT2D eigenvalue weighted by atomic mass is 16.5. The van der Waals surface area contributed by atoms with Crippen molar-refractivity contribution in [3.05, 3.63) is 35.5 Å². The van der Waals surface area contributed by atoms with Crippen molar-refractivity contribution in [3.8, 4) is 22.8 Å². The topological polar surface area (TPSA) is 64.6 Å². The third-order valence-corrected chi connectivity index (χ3v) is 7.08. The predicted octanol–water partition coefficient (Wildman–Crippen LogP) is 5.87. The van der Waals surface area contributed by atoms with E-state index in [1.807, 2.05) is 18.2 Å². The fraction of sp³-hybridized carbons (Fsp3) is 0.607. The summed E-state index contributed by atoms with van der Waals surface area (Å²) in [6.07, 6.45) is 11.1. The number of carbonyl (C=O) groups excluding carboxylic acids is 1. The number of ketones is 1. The highest BCUT2D eigenvalue weighted by molar-refractivity contribution is 5.98. The summed E-state index contributed by atoms with van der Waals surface area (Å²) in [6.45, 7) is 5.86. The molecule has 0 N–H and O–H groups in total. The van der Waals surface area contributed by atoms with Gasteiger partial charge in [-0.15, -0.1) is 5.10 Å². The van der Waals surface area contributed by atoms with Crippen molar-refractivity contribution in [1.82, 2.24) is 15.1 Å². The molecule has 1 aliphatic carbocycles. The van der Waals surface area contributed by atoms with Gasteiger partial charge in [0.15, 0.2) is 5.78 Å². The summed E-state index contributed by atoms with van der Waals surface area (Å²) in [4.78, 5) is 14.9. The second-order valence-electron chi connectivity index (χ2n) is 9.91. The minimum atomic E-state index is 0.0209. The summed E-state index contributed by atoms with van der Waals surface area (Å²) in [6, 6.07) is 7.99. The second kappa shape index (κ2) is 11.8. The Kier molecular flexibility index (Phi) is 8.54. The molecule has 1 saturated carbocycles. The van der Waals surface area contributed by atoms with Crippen LogP contribution in [0.1, 0.15) is 87.7 Å². The number of hydrogen-bond acceptors (Lipinski definition) is 6. The van der Waals surface area contributed by atoms with E-state index in [1.54, 1.807) is 6.92 Å². The van der Waals surface area contributed by atoms with Crippen LogP contribution in [0.4, 0.5) is 0 Å². The largest absolute Gasteiger partial charge is 0.490 e. The SMILES string of the molecule is CCCCc1nnc(OC2CCN(C)CC2)cc1-c1ccc(OC2CCCCC2)c(C(C)=O)c1. The van der Waals surface area contributed by atoms with Crippen LogP contribution in [-0.4, -0.2) is 53.2 Å². The Morgan fingerprint density at radius 1 is 1.00 bits per heavy atom. The van der Waals surface area contributed by atoms with Crippen molar-refractivity contribution >= 4 is 5.78 Å². The Hall–Kier alpha value is -2.47. The third-order valence-electron chi connectivity index (χ3n) is 7.08. The van der Waals surface area contributed by atoms with Crippen LogP contribution in [0.3, 0.4) is 0 Å². The van der Waals surface area contributed by atoms with E-state index < -0.39 is 0 Å². The van der Waals surface area contributed by atoms with E-state index in [0.717, 1.165) is 74.9 Å². The van der Waals surface area contributed by atoms with Crippen LogP contribution in [0.5, 0.6) is 11.6 Å². The molecule has 1 aliphatic heterocycles. The minimum absolute atomic E-state index is 0.0209. The monoisotopic (exact) mass is 465 g/mol. The summed E-state index contributed by atoms with van der Waals surface area (Å²) in [5, 5.41) is 8.97. The van der Waals surface area contributed by atoms with Crippen LogP contribution in [0.25, 0.3) is 11.1 Å². The van der Waals surface area contributed by atoms with Crippen molar-refractivity contribution in [3.63, 3.8) is 0 Å². The van der Waals surface area contributed by atoms with Crippen molar-refractivity contribution < 1.29 is 14.3 Å². The van der Waals surface area contributed by atoms with E-state index in [1.165, 1.54) is 19.3 Å². The summed E-state index contributed by atoms with van der Waals surface area (Å²) < 4.78 is 12.5. The molecule has 0 bridgehead atoms. The summed E-state index contributed by atoms with van der Waals surface area (Å²) >= 11 is 0. The summed E-state index contributed by atoms with van der Waals surface area (Å²) in [7, 11) is 2.14. The number of piperidine rings is 1. The molecule has 0 atom stereocenters. The van der Waals surface area contributed by atoms with Crippen LogP contribution in [0.15, 0.2) is 24.3 Å². The van der Waals surface area contributed by atoms with Gasteiger partial charge in [0.1, 0.15) is 11.9 Å². The van der Waals surface area contributed by atoms with Gasteiger partial charge in [-0.05, 0) is 83.0 Å². The maximum Gasteiger partial charge on any atom is 0.234 e. The molecule has 2 aromatic rings. The Balaban J connectivity index is 1.61.